The summed E-state index contributed by atoms with van der Waals surface area (Å²) in [6.45, 7) is 2.28. The van der Waals surface area contributed by atoms with Gasteiger partial charge in [-0.3, -0.25) is 0 Å². The molecule has 0 aromatic heterocycles. The van der Waals surface area contributed by atoms with Crippen molar-refractivity contribution in [1.82, 2.24) is 9.21 Å². The minimum atomic E-state index is -3.57. The Balaban J connectivity index is 1.48. The van der Waals surface area contributed by atoms with Crippen LogP contribution in [0.4, 0.5) is 5.69 Å². The highest BCUT2D eigenvalue weighted by molar-refractivity contribution is 7.89. The third-order valence-corrected chi connectivity index (χ3v) is 7.26. The lowest BCUT2D eigenvalue weighted by Gasteiger charge is -2.34. The van der Waals surface area contributed by atoms with Gasteiger partial charge in [0.1, 0.15) is 11.5 Å². The molecule has 3 rings (SSSR count). The van der Waals surface area contributed by atoms with Crippen LogP contribution >= 0.6 is 0 Å². The summed E-state index contributed by atoms with van der Waals surface area (Å²) < 4.78 is 62.3. The smallest absolute Gasteiger partial charge is 0.316 e. The van der Waals surface area contributed by atoms with Gasteiger partial charge in [0.2, 0.25) is 10.0 Å². The molecule has 1 heterocycles. The summed E-state index contributed by atoms with van der Waals surface area (Å²) in [6.07, 6.45) is -0.788. The number of aliphatic hydroxyl groups is 1. The van der Waals surface area contributed by atoms with E-state index in [0.717, 1.165) is 0 Å². The van der Waals surface area contributed by atoms with Gasteiger partial charge in [0.15, 0.2) is 6.29 Å². The van der Waals surface area contributed by atoms with Crippen LogP contribution in [0.1, 0.15) is 6.42 Å². The molecule has 32 heavy (non-hydrogen) atoms. The Bertz CT molecular complexity index is 1140. The average Bonchev–Trinajstić information content (AvgIpc) is 2.78. The van der Waals surface area contributed by atoms with E-state index in [0.29, 0.717) is 50.6 Å². The first-order chi connectivity index (χ1) is 15.3. The zero-order valence-corrected chi connectivity index (χ0v) is 19.1. The van der Waals surface area contributed by atoms with Crippen LogP contribution in [-0.4, -0.2) is 77.3 Å². The molecule has 12 heteroatoms. The summed E-state index contributed by atoms with van der Waals surface area (Å²) >= 11 is 0. The summed E-state index contributed by atoms with van der Waals surface area (Å²) in [7, 11) is -4.62. The van der Waals surface area contributed by atoms with Crippen molar-refractivity contribution in [2.45, 2.75) is 17.6 Å². The minimum absolute atomic E-state index is 0.206. The van der Waals surface area contributed by atoms with Crippen LogP contribution in [-0.2, 0) is 20.5 Å². The largest absolute Gasteiger partial charge is 0.497 e. The Morgan fingerprint density at radius 2 is 1.75 bits per heavy atom. The summed E-state index contributed by atoms with van der Waals surface area (Å²) in [6, 6.07) is 12.4. The molecule has 1 aliphatic rings. The van der Waals surface area contributed by atoms with E-state index in [2.05, 4.69) is 9.26 Å². The number of sulfonamides is 1. The van der Waals surface area contributed by atoms with Crippen LogP contribution in [0.5, 0.6) is 11.5 Å². The molecule has 10 nitrogen and oxygen atoms in total. The highest BCUT2D eigenvalue weighted by Gasteiger charge is 2.28. The van der Waals surface area contributed by atoms with E-state index in [1.807, 2.05) is 0 Å². The maximum Gasteiger partial charge on any atom is 0.316 e. The van der Waals surface area contributed by atoms with Gasteiger partial charge in [-0.2, -0.15) is 12.7 Å². The van der Waals surface area contributed by atoms with Gasteiger partial charge >= 0.3 is 10.5 Å². The SMILES string of the molecule is COc1ccc(S(=O)(=O)N2CCN(CCC(O)Oc3cccc(N=S(=O)=O)c3)CC2)cc1. The van der Waals surface area contributed by atoms with Gasteiger partial charge in [-0.15, -0.1) is 4.36 Å². The number of aliphatic hydroxyl groups excluding tert-OH is 1. The van der Waals surface area contributed by atoms with E-state index in [1.54, 1.807) is 24.3 Å². The molecular weight excluding hydrogens is 458 g/mol. The van der Waals surface area contributed by atoms with Crippen molar-refractivity contribution >= 4 is 26.2 Å². The van der Waals surface area contributed by atoms with Crippen molar-refractivity contribution in [3.63, 3.8) is 0 Å². The molecule has 174 valence electrons. The predicted octanol–water partition coefficient (Wildman–Crippen LogP) is 1.48. The fourth-order valence-corrected chi connectivity index (χ4v) is 5.01. The summed E-state index contributed by atoms with van der Waals surface area (Å²) in [5.41, 5.74) is 0.206. The highest BCUT2D eigenvalue weighted by Crippen LogP contribution is 2.22. The lowest BCUT2D eigenvalue weighted by atomic mass is 10.3. The Morgan fingerprint density at radius 3 is 2.38 bits per heavy atom. The fourth-order valence-electron chi connectivity index (χ4n) is 3.30. The first-order valence-corrected chi connectivity index (χ1v) is 12.4. The number of rotatable bonds is 9. The zero-order chi connectivity index (χ0) is 23.1. The van der Waals surface area contributed by atoms with Crippen LogP contribution in [0.15, 0.2) is 57.8 Å². The molecule has 1 aliphatic heterocycles. The molecule has 1 fully saturated rings. The minimum Gasteiger partial charge on any atom is -0.497 e. The number of piperazine rings is 1. The third-order valence-electron chi connectivity index (χ3n) is 4.99. The summed E-state index contributed by atoms with van der Waals surface area (Å²) in [5.74, 6) is 0.899. The molecule has 0 bridgehead atoms. The standard InChI is InChI=1S/C20H25N3O7S2/c1-29-17-5-7-19(8-6-17)32(27,28)23-13-11-22(12-14-23)10-9-20(24)30-18-4-2-3-16(15-18)21-31(25)26/h2-8,15,20,24H,9-14H2,1H3. The van der Waals surface area contributed by atoms with Crippen molar-refractivity contribution in [3.05, 3.63) is 48.5 Å². The van der Waals surface area contributed by atoms with E-state index in [4.69, 9.17) is 9.47 Å². The number of benzene rings is 2. The van der Waals surface area contributed by atoms with E-state index < -0.39 is 26.8 Å². The van der Waals surface area contributed by atoms with Gasteiger partial charge < -0.3 is 19.5 Å². The van der Waals surface area contributed by atoms with E-state index >= 15 is 0 Å². The van der Waals surface area contributed by atoms with Crippen LogP contribution in [0.25, 0.3) is 0 Å². The number of methoxy groups -OCH3 is 1. The van der Waals surface area contributed by atoms with Crippen LogP contribution in [0.3, 0.4) is 0 Å². The van der Waals surface area contributed by atoms with Crippen LogP contribution in [0.2, 0.25) is 0 Å². The van der Waals surface area contributed by atoms with Crippen molar-refractivity contribution in [1.29, 1.82) is 0 Å². The third kappa shape index (κ3) is 6.50. The molecular formula is C20H25N3O7S2. The second-order valence-corrected chi connectivity index (χ2v) is 9.64. The number of hydrogen-bond donors (Lipinski definition) is 1. The first-order valence-electron chi connectivity index (χ1n) is 9.90. The molecule has 1 saturated heterocycles. The molecule has 0 radical (unpaired) electrons. The highest BCUT2D eigenvalue weighted by atomic mass is 32.2. The van der Waals surface area contributed by atoms with Crippen molar-refractivity contribution in [3.8, 4) is 11.5 Å². The molecule has 0 saturated carbocycles. The second-order valence-electron chi connectivity index (χ2n) is 7.09. The number of nitrogens with zero attached hydrogens (tertiary/aromatic N) is 3. The van der Waals surface area contributed by atoms with E-state index in [1.165, 1.54) is 35.7 Å². The molecule has 1 atom stereocenters. The Morgan fingerprint density at radius 1 is 1.06 bits per heavy atom. The van der Waals surface area contributed by atoms with Gasteiger partial charge in [-0.1, -0.05) is 6.07 Å². The Labute approximate surface area is 188 Å². The second kappa shape index (κ2) is 10.9. The van der Waals surface area contributed by atoms with Crippen molar-refractivity contribution in [2.24, 2.45) is 4.36 Å². The van der Waals surface area contributed by atoms with Crippen LogP contribution in [0, 0.1) is 0 Å². The van der Waals surface area contributed by atoms with Crippen molar-refractivity contribution < 1.29 is 31.4 Å². The molecule has 0 amide bonds. The summed E-state index contributed by atoms with van der Waals surface area (Å²) in [5, 5.41) is 10.2. The first kappa shape index (κ1) is 24.1. The van der Waals surface area contributed by atoms with Gasteiger partial charge in [0.25, 0.3) is 0 Å². The Hall–Kier alpha value is -2.51. The Kier molecular flexibility index (Phi) is 8.21. The molecule has 1 N–H and O–H groups in total. The predicted molar refractivity (Wildman–Crippen MR) is 117 cm³/mol. The van der Waals surface area contributed by atoms with Gasteiger partial charge in [0.05, 0.1) is 17.7 Å². The lowest BCUT2D eigenvalue weighted by molar-refractivity contribution is -0.0302. The molecule has 0 spiro atoms. The quantitative estimate of drug-likeness (QED) is 0.532. The topological polar surface area (TPSA) is 126 Å². The van der Waals surface area contributed by atoms with Gasteiger partial charge in [-0.05, 0) is 36.4 Å². The number of hydrogen-bond acceptors (Lipinski definition) is 9. The molecule has 2 aromatic carbocycles. The van der Waals surface area contributed by atoms with Gasteiger partial charge in [0, 0.05) is 45.2 Å². The molecule has 1 unspecified atom stereocenters. The van der Waals surface area contributed by atoms with Crippen molar-refractivity contribution in [2.75, 3.05) is 39.8 Å². The lowest BCUT2D eigenvalue weighted by Crippen LogP contribution is -2.49. The average molecular weight is 484 g/mol. The molecule has 2 aromatic rings. The van der Waals surface area contributed by atoms with E-state index in [-0.39, 0.29) is 10.6 Å². The fraction of sp³-hybridized carbons (Fsp3) is 0.400. The normalized spacial score (nSPS) is 16.3. The van der Waals surface area contributed by atoms with E-state index in [9.17, 15) is 21.9 Å². The maximum absolute atomic E-state index is 12.8. The molecule has 0 aliphatic carbocycles. The maximum atomic E-state index is 12.8. The summed E-state index contributed by atoms with van der Waals surface area (Å²) in [4.78, 5) is 2.28. The zero-order valence-electron chi connectivity index (χ0n) is 17.5. The van der Waals surface area contributed by atoms with Crippen LogP contribution < -0.4 is 9.47 Å². The monoisotopic (exact) mass is 483 g/mol. The van der Waals surface area contributed by atoms with Gasteiger partial charge in [-0.25, -0.2) is 8.42 Å². The number of ether oxygens (including phenoxy) is 2.